The number of carboxylic acid groups (broad SMARTS) is 1. The molecule has 0 radical (unpaired) electrons. The minimum absolute atomic E-state index is 0.0825. The van der Waals surface area contributed by atoms with Gasteiger partial charge in [0.25, 0.3) is 5.91 Å². The first-order valence-corrected chi connectivity index (χ1v) is 7.83. The first kappa shape index (κ1) is 17.6. The zero-order chi connectivity index (χ0) is 18.7. The van der Waals surface area contributed by atoms with Crippen molar-refractivity contribution < 1.29 is 19.1 Å². The van der Waals surface area contributed by atoms with E-state index in [4.69, 9.17) is 16.7 Å². The highest BCUT2D eigenvalue weighted by molar-refractivity contribution is 6.31. The van der Waals surface area contributed by atoms with Gasteiger partial charge in [-0.25, -0.2) is 9.07 Å². The van der Waals surface area contributed by atoms with Gasteiger partial charge in [-0.2, -0.15) is 10.2 Å². The Labute approximate surface area is 151 Å². The van der Waals surface area contributed by atoms with Gasteiger partial charge in [-0.15, -0.1) is 0 Å². The van der Waals surface area contributed by atoms with E-state index in [1.807, 2.05) is 0 Å². The molecule has 3 rings (SSSR count). The summed E-state index contributed by atoms with van der Waals surface area (Å²) in [4.78, 5) is 23.0. The first-order valence-electron chi connectivity index (χ1n) is 7.45. The van der Waals surface area contributed by atoms with Crippen LogP contribution >= 0.6 is 11.6 Å². The molecule has 0 bridgehead atoms. The highest BCUT2D eigenvalue weighted by atomic mass is 35.5. The highest BCUT2D eigenvalue weighted by Gasteiger charge is 2.15. The minimum Gasteiger partial charge on any atom is -0.480 e. The molecule has 0 fully saturated rings. The molecule has 0 aliphatic carbocycles. The van der Waals surface area contributed by atoms with Crippen LogP contribution in [0.1, 0.15) is 16.1 Å². The van der Waals surface area contributed by atoms with Crippen molar-refractivity contribution in [3.8, 4) is 0 Å². The molecular formula is C16H13ClFN5O3. The standard InChI is InChI=1S/C16H13ClFN5O3/c17-11-2-1-3-12(18)10(11)8-22-7-5-14(21-22)20-16(26)13-4-6-19-23(13)9-15(24)25/h1-7H,8-9H2,(H,24,25)(H,20,21,26). The Balaban J connectivity index is 1.72. The predicted octanol–water partition coefficient (Wildman–Crippen LogP) is 2.26. The summed E-state index contributed by atoms with van der Waals surface area (Å²) in [7, 11) is 0. The number of halogens is 2. The number of amides is 1. The summed E-state index contributed by atoms with van der Waals surface area (Å²) in [5.74, 6) is -1.89. The molecule has 134 valence electrons. The molecule has 8 nitrogen and oxygen atoms in total. The lowest BCUT2D eigenvalue weighted by Crippen LogP contribution is -2.21. The molecule has 26 heavy (non-hydrogen) atoms. The number of anilines is 1. The maximum atomic E-state index is 13.8. The number of aliphatic carboxylic acids is 1. The highest BCUT2D eigenvalue weighted by Crippen LogP contribution is 2.20. The van der Waals surface area contributed by atoms with Crippen LogP contribution in [0, 0.1) is 5.82 Å². The molecule has 0 saturated heterocycles. The van der Waals surface area contributed by atoms with Gasteiger partial charge in [-0.3, -0.25) is 14.3 Å². The van der Waals surface area contributed by atoms with E-state index in [1.54, 1.807) is 12.3 Å². The van der Waals surface area contributed by atoms with Crippen molar-refractivity contribution in [3.63, 3.8) is 0 Å². The third kappa shape index (κ3) is 3.89. The van der Waals surface area contributed by atoms with Crippen LogP contribution in [-0.2, 0) is 17.9 Å². The Morgan fingerprint density at radius 1 is 1.27 bits per heavy atom. The van der Waals surface area contributed by atoms with Crippen molar-refractivity contribution in [2.45, 2.75) is 13.1 Å². The number of nitrogens with one attached hydrogen (secondary N) is 1. The van der Waals surface area contributed by atoms with Crippen LogP contribution in [0.15, 0.2) is 42.7 Å². The molecule has 1 aromatic carbocycles. The zero-order valence-corrected chi connectivity index (χ0v) is 14.0. The fourth-order valence-electron chi connectivity index (χ4n) is 2.32. The van der Waals surface area contributed by atoms with Gasteiger partial charge in [-0.05, 0) is 18.2 Å². The van der Waals surface area contributed by atoms with Crippen LogP contribution in [0.4, 0.5) is 10.2 Å². The van der Waals surface area contributed by atoms with Crippen LogP contribution in [0.5, 0.6) is 0 Å². The second-order valence-electron chi connectivity index (χ2n) is 5.32. The molecule has 0 aliphatic rings. The van der Waals surface area contributed by atoms with Gasteiger partial charge in [0.15, 0.2) is 5.82 Å². The maximum Gasteiger partial charge on any atom is 0.325 e. The summed E-state index contributed by atoms with van der Waals surface area (Å²) in [5, 5.41) is 19.6. The molecule has 2 aromatic heterocycles. The summed E-state index contributed by atoms with van der Waals surface area (Å²) < 4.78 is 16.3. The number of nitrogens with zero attached hydrogens (tertiary/aromatic N) is 4. The van der Waals surface area contributed by atoms with Gasteiger partial charge in [0, 0.05) is 29.0 Å². The number of hydrogen-bond acceptors (Lipinski definition) is 4. The maximum absolute atomic E-state index is 13.8. The van der Waals surface area contributed by atoms with Gasteiger partial charge in [-0.1, -0.05) is 17.7 Å². The van der Waals surface area contributed by atoms with Crippen LogP contribution < -0.4 is 5.32 Å². The fourth-order valence-corrected chi connectivity index (χ4v) is 2.54. The lowest BCUT2D eigenvalue weighted by atomic mass is 10.2. The number of carbonyl (C=O) groups excluding carboxylic acids is 1. The predicted molar refractivity (Wildman–Crippen MR) is 90.6 cm³/mol. The van der Waals surface area contributed by atoms with Gasteiger partial charge in [0.05, 0.1) is 6.54 Å². The van der Waals surface area contributed by atoms with Crippen molar-refractivity contribution in [1.82, 2.24) is 19.6 Å². The molecule has 10 heteroatoms. The minimum atomic E-state index is -1.12. The van der Waals surface area contributed by atoms with E-state index in [-0.39, 0.29) is 28.6 Å². The number of hydrogen-bond donors (Lipinski definition) is 2. The van der Waals surface area contributed by atoms with Crippen molar-refractivity contribution in [2.75, 3.05) is 5.32 Å². The molecule has 1 amide bonds. The smallest absolute Gasteiger partial charge is 0.325 e. The number of carboxylic acids is 1. The van der Waals surface area contributed by atoms with E-state index in [2.05, 4.69) is 15.5 Å². The summed E-state index contributed by atoms with van der Waals surface area (Å²) in [6, 6.07) is 7.32. The van der Waals surface area contributed by atoms with Gasteiger partial charge >= 0.3 is 5.97 Å². The average Bonchev–Trinajstić information content (AvgIpc) is 3.20. The first-order chi connectivity index (χ1) is 12.4. The normalized spacial score (nSPS) is 10.7. The molecule has 0 spiro atoms. The van der Waals surface area contributed by atoms with E-state index < -0.39 is 24.2 Å². The Hall–Kier alpha value is -3.20. The molecule has 0 saturated carbocycles. The molecule has 0 aliphatic heterocycles. The molecule has 0 unspecified atom stereocenters. The van der Waals surface area contributed by atoms with Crippen LogP contribution in [-0.4, -0.2) is 36.5 Å². The van der Waals surface area contributed by atoms with Crippen molar-refractivity contribution in [2.24, 2.45) is 0 Å². The molecule has 2 heterocycles. The second-order valence-corrected chi connectivity index (χ2v) is 5.73. The van der Waals surface area contributed by atoms with Gasteiger partial charge < -0.3 is 10.4 Å². The zero-order valence-electron chi connectivity index (χ0n) is 13.3. The average molecular weight is 378 g/mol. The van der Waals surface area contributed by atoms with Crippen molar-refractivity contribution in [1.29, 1.82) is 0 Å². The van der Waals surface area contributed by atoms with E-state index in [1.165, 1.54) is 35.1 Å². The summed E-state index contributed by atoms with van der Waals surface area (Å²) in [6.07, 6.45) is 2.89. The van der Waals surface area contributed by atoms with E-state index in [9.17, 15) is 14.0 Å². The second kappa shape index (κ2) is 7.36. The number of benzene rings is 1. The topological polar surface area (TPSA) is 102 Å². The summed E-state index contributed by atoms with van der Waals surface area (Å²) in [5.41, 5.74) is 0.369. The van der Waals surface area contributed by atoms with Gasteiger partial charge in [0.1, 0.15) is 18.1 Å². The van der Waals surface area contributed by atoms with Crippen molar-refractivity contribution >= 4 is 29.3 Å². The largest absolute Gasteiger partial charge is 0.480 e. The Morgan fingerprint density at radius 3 is 2.81 bits per heavy atom. The third-order valence-electron chi connectivity index (χ3n) is 3.50. The molecule has 0 atom stereocenters. The van der Waals surface area contributed by atoms with Crippen LogP contribution in [0.3, 0.4) is 0 Å². The van der Waals surface area contributed by atoms with Gasteiger partial charge in [0.2, 0.25) is 0 Å². The van der Waals surface area contributed by atoms with Crippen molar-refractivity contribution in [3.05, 3.63) is 64.8 Å². The lowest BCUT2D eigenvalue weighted by Gasteiger charge is -2.06. The van der Waals surface area contributed by atoms with E-state index >= 15 is 0 Å². The molecule has 3 aromatic rings. The lowest BCUT2D eigenvalue weighted by molar-refractivity contribution is -0.137. The third-order valence-corrected chi connectivity index (χ3v) is 3.85. The number of aromatic nitrogens is 4. The number of carbonyl (C=O) groups is 2. The SMILES string of the molecule is O=C(O)Cn1nccc1C(=O)Nc1ccn(Cc2c(F)cccc2Cl)n1. The molecule has 2 N–H and O–H groups in total. The van der Waals surface area contributed by atoms with Crippen LogP contribution in [0.25, 0.3) is 0 Å². The quantitative estimate of drug-likeness (QED) is 0.686. The Morgan fingerprint density at radius 2 is 2.08 bits per heavy atom. The summed E-state index contributed by atoms with van der Waals surface area (Å²) >= 11 is 5.99. The molecular weight excluding hydrogens is 365 g/mol. The van der Waals surface area contributed by atoms with Crippen LogP contribution in [0.2, 0.25) is 5.02 Å². The monoisotopic (exact) mass is 377 g/mol. The number of rotatable bonds is 6. The van der Waals surface area contributed by atoms with E-state index in [0.29, 0.717) is 0 Å². The van der Waals surface area contributed by atoms with E-state index in [0.717, 1.165) is 4.68 Å². The Kier molecular flexibility index (Phi) is 4.99. The fraction of sp³-hybridized carbons (Fsp3) is 0.125. The Bertz CT molecular complexity index is 948. The summed E-state index contributed by atoms with van der Waals surface area (Å²) in [6.45, 7) is -0.339.